The van der Waals surface area contributed by atoms with Crippen molar-refractivity contribution >= 4 is 5.69 Å². The number of piperidine rings is 1. The van der Waals surface area contributed by atoms with E-state index in [4.69, 9.17) is 0 Å². The van der Waals surface area contributed by atoms with Crippen molar-refractivity contribution in [1.82, 2.24) is 10.3 Å². The molecule has 114 valence electrons. The first kappa shape index (κ1) is 13.8. The summed E-state index contributed by atoms with van der Waals surface area (Å²) in [5.41, 5.74) is 3.49. The Morgan fingerprint density at radius 2 is 1.82 bits per heavy atom. The minimum atomic E-state index is 0.648. The van der Waals surface area contributed by atoms with E-state index in [-0.39, 0.29) is 0 Å². The predicted molar refractivity (Wildman–Crippen MR) is 91.1 cm³/mol. The number of fused-ring (bicyclic) bond motifs is 2. The fourth-order valence-corrected chi connectivity index (χ4v) is 3.74. The maximum atomic E-state index is 4.68. The zero-order valence-corrected chi connectivity index (χ0v) is 12.9. The van der Waals surface area contributed by atoms with Crippen LogP contribution in [0.15, 0.2) is 48.7 Å². The molecule has 2 atom stereocenters. The molecule has 3 heteroatoms. The van der Waals surface area contributed by atoms with Gasteiger partial charge in [0.15, 0.2) is 0 Å². The average Bonchev–Trinajstić information content (AvgIpc) is 2.74. The van der Waals surface area contributed by atoms with Crippen molar-refractivity contribution in [3.8, 4) is 11.3 Å². The van der Waals surface area contributed by atoms with Crippen molar-refractivity contribution in [1.29, 1.82) is 0 Å². The molecule has 4 rings (SSSR count). The molecule has 2 fully saturated rings. The second kappa shape index (κ2) is 6.09. The molecule has 0 aliphatic carbocycles. The molecule has 0 amide bonds. The summed E-state index contributed by atoms with van der Waals surface area (Å²) in [5.74, 6) is 0. The topological polar surface area (TPSA) is 28.2 Å². The van der Waals surface area contributed by atoms with Crippen LogP contribution in [-0.2, 0) is 0 Å². The van der Waals surface area contributed by atoms with E-state index in [1.165, 1.54) is 36.9 Å². The molecular weight excluding hydrogens is 270 g/mol. The van der Waals surface area contributed by atoms with Crippen molar-refractivity contribution in [2.45, 2.75) is 37.8 Å². The molecule has 3 heterocycles. The summed E-state index contributed by atoms with van der Waals surface area (Å²) in [6, 6.07) is 16.1. The third-order valence-corrected chi connectivity index (χ3v) is 4.95. The largest absolute Gasteiger partial charge is 0.369 e. The first-order chi connectivity index (χ1) is 10.9. The molecule has 2 unspecified atom stereocenters. The molecule has 22 heavy (non-hydrogen) atoms. The number of nitrogens with zero attached hydrogens (tertiary/aromatic N) is 2. The van der Waals surface area contributed by atoms with Crippen LogP contribution >= 0.6 is 0 Å². The summed E-state index contributed by atoms with van der Waals surface area (Å²) in [7, 11) is 0. The van der Waals surface area contributed by atoms with Crippen LogP contribution < -0.4 is 10.2 Å². The molecule has 2 aliphatic heterocycles. The van der Waals surface area contributed by atoms with Crippen molar-refractivity contribution in [3.05, 3.63) is 48.7 Å². The lowest BCUT2D eigenvalue weighted by Gasteiger charge is -2.29. The Morgan fingerprint density at radius 3 is 2.64 bits per heavy atom. The van der Waals surface area contributed by atoms with Crippen LogP contribution in [0.4, 0.5) is 5.69 Å². The summed E-state index contributed by atoms with van der Waals surface area (Å²) in [6.45, 7) is 2.25. The number of benzene rings is 1. The Bertz CT molecular complexity index is 608. The maximum Gasteiger partial charge on any atom is 0.0703 e. The van der Waals surface area contributed by atoms with Gasteiger partial charge in [0, 0.05) is 30.7 Å². The number of rotatable bonds is 2. The van der Waals surface area contributed by atoms with E-state index in [9.17, 15) is 0 Å². The molecule has 2 saturated heterocycles. The smallest absolute Gasteiger partial charge is 0.0703 e. The molecular formula is C19H23N3. The van der Waals surface area contributed by atoms with Crippen LogP contribution in [0.3, 0.4) is 0 Å². The summed E-state index contributed by atoms with van der Waals surface area (Å²) >= 11 is 0. The fraction of sp³-hybridized carbons (Fsp3) is 0.421. The summed E-state index contributed by atoms with van der Waals surface area (Å²) < 4.78 is 0. The number of anilines is 1. The molecule has 2 aromatic rings. The third kappa shape index (κ3) is 2.86. The lowest BCUT2D eigenvalue weighted by atomic mass is 9.98. The van der Waals surface area contributed by atoms with Crippen LogP contribution in [0.5, 0.6) is 0 Å². The van der Waals surface area contributed by atoms with Gasteiger partial charge < -0.3 is 10.2 Å². The standard InChI is InChI=1S/C19H23N3/c1-2-5-15(6-3-1)19-10-9-18(13-20-19)22-12-11-16-7-4-8-17(14-22)21-16/h1-3,5-6,9-10,13,16-17,21H,4,7-8,11-12,14H2. The number of aromatic nitrogens is 1. The first-order valence-electron chi connectivity index (χ1n) is 8.41. The van der Waals surface area contributed by atoms with E-state index >= 15 is 0 Å². The van der Waals surface area contributed by atoms with E-state index < -0.39 is 0 Å². The van der Waals surface area contributed by atoms with Gasteiger partial charge in [0.1, 0.15) is 0 Å². The molecule has 2 aliphatic rings. The Hall–Kier alpha value is -1.87. The minimum Gasteiger partial charge on any atom is -0.369 e. The SMILES string of the molecule is c1ccc(-c2ccc(N3CCC4CCCC(C3)N4)cn2)cc1. The highest BCUT2D eigenvalue weighted by molar-refractivity contribution is 5.61. The predicted octanol–water partition coefficient (Wildman–Crippen LogP) is 3.47. The molecule has 1 N–H and O–H groups in total. The third-order valence-electron chi connectivity index (χ3n) is 4.95. The second-order valence-corrected chi connectivity index (χ2v) is 6.49. The summed E-state index contributed by atoms with van der Waals surface area (Å²) in [4.78, 5) is 7.18. The van der Waals surface area contributed by atoms with Crippen LogP contribution in [0.25, 0.3) is 11.3 Å². The van der Waals surface area contributed by atoms with Crippen molar-refractivity contribution in [3.63, 3.8) is 0 Å². The van der Waals surface area contributed by atoms with Gasteiger partial charge >= 0.3 is 0 Å². The molecule has 3 nitrogen and oxygen atoms in total. The van der Waals surface area contributed by atoms with E-state index in [0.29, 0.717) is 6.04 Å². The highest BCUT2D eigenvalue weighted by Crippen LogP contribution is 2.25. The van der Waals surface area contributed by atoms with Crippen molar-refractivity contribution < 1.29 is 0 Å². The molecule has 0 radical (unpaired) electrons. The molecule has 2 bridgehead atoms. The van der Waals surface area contributed by atoms with Gasteiger partial charge in [0.25, 0.3) is 0 Å². The van der Waals surface area contributed by atoms with Crippen LogP contribution in [0.1, 0.15) is 25.7 Å². The van der Waals surface area contributed by atoms with Gasteiger partial charge in [-0.25, -0.2) is 0 Å². The van der Waals surface area contributed by atoms with Gasteiger partial charge in [-0.05, 0) is 31.4 Å². The van der Waals surface area contributed by atoms with E-state index in [2.05, 4.69) is 51.6 Å². The Morgan fingerprint density at radius 1 is 0.955 bits per heavy atom. The molecule has 0 saturated carbocycles. The van der Waals surface area contributed by atoms with Gasteiger partial charge in [-0.1, -0.05) is 36.8 Å². The van der Waals surface area contributed by atoms with E-state index in [1.54, 1.807) is 0 Å². The van der Waals surface area contributed by atoms with E-state index in [0.717, 1.165) is 24.8 Å². The minimum absolute atomic E-state index is 0.648. The van der Waals surface area contributed by atoms with Crippen LogP contribution in [-0.4, -0.2) is 30.2 Å². The lowest BCUT2D eigenvalue weighted by Crippen LogP contribution is -2.44. The van der Waals surface area contributed by atoms with Crippen molar-refractivity contribution in [2.24, 2.45) is 0 Å². The quantitative estimate of drug-likeness (QED) is 0.919. The second-order valence-electron chi connectivity index (χ2n) is 6.49. The van der Waals surface area contributed by atoms with Gasteiger partial charge in [0.2, 0.25) is 0 Å². The summed E-state index contributed by atoms with van der Waals surface area (Å²) in [5, 5.41) is 3.79. The Labute approximate surface area is 132 Å². The lowest BCUT2D eigenvalue weighted by molar-refractivity contribution is 0.336. The van der Waals surface area contributed by atoms with Gasteiger partial charge in [-0.15, -0.1) is 0 Å². The van der Waals surface area contributed by atoms with E-state index in [1.807, 2.05) is 12.3 Å². The normalized spacial score (nSPS) is 24.8. The average molecular weight is 293 g/mol. The zero-order chi connectivity index (χ0) is 14.8. The van der Waals surface area contributed by atoms with Crippen molar-refractivity contribution in [2.75, 3.05) is 18.0 Å². The number of hydrogen-bond acceptors (Lipinski definition) is 3. The van der Waals surface area contributed by atoms with Crippen LogP contribution in [0.2, 0.25) is 0 Å². The molecule has 1 aromatic heterocycles. The zero-order valence-electron chi connectivity index (χ0n) is 12.9. The first-order valence-corrected chi connectivity index (χ1v) is 8.41. The maximum absolute atomic E-state index is 4.68. The number of hydrogen-bond donors (Lipinski definition) is 1. The highest BCUT2D eigenvalue weighted by Gasteiger charge is 2.27. The summed E-state index contributed by atoms with van der Waals surface area (Å²) in [6.07, 6.45) is 7.31. The highest BCUT2D eigenvalue weighted by atomic mass is 15.2. The molecule has 0 spiro atoms. The molecule has 1 aromatic carbocycles. The fourth-order valence-electron chi connectivity index (χ4n) is 3.74. The Balaban J connectivity index is 1.53. The number of nitrogens with one attached hydrogen (secondary N) is 1. The Kier molecular flexibility index (Phi) is 3.81. The van der Waals surface area contributed by atoms with Gasteiger partial charge in [-0.2, -0.15) is 0 Å². The number of pyridine rings is 1. The van der Waals surface area contributed by atoms with Crippen LogP contribution in [0, 0.1) is 0 Å². The monoisotopic (exact) mass is 293 g/mol. The van der Waals surface area contributed by atoms with Gasteiger partial charge in [-0.3, -0.25) is 4.98 Å². The van der Waals surface area contributed by atoms with Gasteiger partial charge in [0.05, 0.1) is 17.6 Å².